The van der Waals surface area contributed by atoms with Crippen LogP contribution >= 0.6 is 11.3 Å². The summed E-state index contributed by atoms with van der Waals surface area (Å²) in [5, 5.41) is 10.1. The predicted octanol–water partition coefficient (Wildman–Crippen LogP) is 2.87. The average molecular weight is 345 g/mol. The second-order valence-electron chi connectivity index (χ2n) is 6.02. The minimum absolute atomic E-state index is 0.111. The molecule has 7 heteroatoms. The molecule has 0 saturated carbocycles. The van der Waals surface area contributed by atoms with E-state index in [1.807, 2.05) is 6.92 Å². The predicted molar refractivity (Wildman–Crippen MR) is 90.7 cm³/mol. The second-order valence-corrected chi connectivity index (χ2v) is 7.25. The Hall–Kier alpha value is -2.28. The Morgan fingerprint density at radius 3 is 2.83 bits per heavy atom. The number of pyridine rings is 1. The summed E-state index contributed by atoms with van der Waals surface area (Å²) in [5.41, 5.74) is 1.31. The summed E-state index contributed by atoms with van der Waals surface area (Å²) < 4.78 is 0. The number of carbonyl (C=O) groups excluding carboxylic acids is 1. The van der Waals surface area contributed by atoms with E-state index in [9.17, 15) is 9.59 Å². The van der Waals surface area contributed by atoms with Gasteiger partial charge >= 0.3 is 5.97 Å². The Balaban J connectivity index is 1.78. The molecule has 0 radical (unpaired) electrons. The van der Waals surface area contributed by atoms with Crippen molar-refractivity contribution in [3.05, 3.63) is 45.2 Å². The Bertz CT molecular complexity index is 768. The Kier molecular flexibility index (Phi) is 4.62. The van der Waals surface area contributed by atoms with Crippen molar-refractivity contribution in [3.8, 4) is 0 Å². The molecule has 0 bridgehead atoms. The lowest BCUT2D eigenvalue weighted by Crippen LogP contribution is -2.39. The van der Waals surface area contributed by atoms with E-state index in [-0.39, 0.29) is 17.5 Å². The van der Waals surface area contributed by atoms with Crippen molar-refractivity contribution in [2.45, 2.75) is 32.6 Å². The second kappa shape index (κ2) is 6.68. The van der Waals surface area contributed by atoms with Gasteiger partial charge in [-0.1, -0.05) is 0 Å². The van der Waals surface area contributed by atoms with Gasteiger partial charge in [-0.3, -0.25) is 4.79 Å². The number of likely N-dealkylation sites (tertiary alicyclic amines) is 1. The van der Waals surface area contributed by atoms with Crippen LogP contribution in [-0.4, -0.2) is 44.9 Å². The van der Waals surface area contributed by atoms with E-state index in [2.05, 4.69) is 16.9 Å². The van der Waals surface area contributed by atoms with Crippen LogP contribution in [0.2, 0.25) is 0 Å². The first-order valence-electron chi connectivity index (χ1n) is 7.88. The van der Waals surface area contributed by atoms with Crippen LogP contribution < -0.4 is 0 Å². The summed E-state index contributed by atoms with van der Waals surface area (Å²) in [7, 11) is 0. The first kappa shape index (κ1) is 16.6. The van der Waals surface area contributed by atoms with Crippen molar-refractivity contribution < 1.29 is 14.7 Å². The first-order chi connectivity index (χ1) is 11.5. The van der Waals surface area contributed by atoms with Gasteiger partial charge in [-0.05, 0) is 38.8 Å². The van der Waals surface area contributed by atoms with Crippen LogP contribution in [0.5, 0.6) is 0 Å². The van der Waals surface area contributed by atoms with Gasteiger partial charge in [0, 0.05) is 35.6 Å². The number of carboxylic acids is 1. The zero-order chi connectivity index (χ0) is 17.3. The molecule has 1 unspecified atom stereocenters. The number of rotatable bonds is 3. The van der Waals surface area contributed by atoms with Crippen LogP contribution in [0.4, 0.5) is 0 Å². The van der Waals surface area contributed by atoms with Crippen molar-refractivity contribution in [2.24, 2.45) is 0 Å². The SMILES string of the molecule is Cc1nc(C2CCCN(C(=O)c3ccnc(C(=O)O)c3)C2)sc1C. The number of hydrogen-bond donors (Lipinski definition) is 1. The molecule has 1 atom stereocenters. The number of hydrogen-bond acceptors (Lipinski definition) is 5. The maximum atomic E-state index is 12.7. The maximum absolute atomic E-state index is 12.7. The van der Waals surface area contributed by atoms with Crippen molar-refractivity contribution in [1.29, 1.82) is 0 Å². The van der Waals surface area contributed by atoms with Gasteiger partial charge in [0.2, 0.25) is 0 Å². The van der Waals surface area contributed by atoms with E-state index >= 15 is 0 Å². The van der Waals surface area contributed by atoms with E-state index in [4.69, 9.17) is 5.11 Å². The molecule has 0 aromatic carbocycles. The fourth-order valence-corrected chi connectivity index (χ4v) is 3.95. The molecule has 2 aromatic rings. The van der Waals surface area contributed by atoms with E-state index in [0.717, 1.165) is 23.5 Å². The highest BCUT2D eigenvalue weighted by Crippen LogP contribution is 2.31. The normalized spacial score (nSPS) is 17.8. The van der Waals surface area contributed by atoms with Crippen LogP contribution in [0.15, 0.2) is 18.3 Å². The standard InChI is InChI=1S/C17H19N3O3S/c1-10-11(2)24-15(19-10)13-4-3-7-20(9-13)16(21)12-5-6-18-14(8-12)17(22)23/h5-6,8,13H,3-4,7,9H2,1-2H3,(H,22,23). The molecule has 1 aliphatic heterocycles. The first-order valence-corrected chi connectivity index (χ1v) is 8.70. The Morgan fingerprint density at radius 1 is 1.38 bits per heavy atom. The van der Waals surface area contributed by atoms with Crippen LogP contribution in [0.25, 0.3) is 0 Å². The number of nitrogens with zero attached hydrogens (tertiary/aromatic N) is 3. The highest BCUT2D eigenvalue weighted by Gasteiger charge is 2.28. The van der Waals surface area contributed by atoms with Crippen LogP contribution in [0, 0.1) is 13.8 Å². The third-order valence-corrected chi connectivity index (χ3v) is 5.56. The minimum Gasteiger partial charge on any atom is -0.477 e. The summed E-state index contributed by atoms with van der Waals surface area (Å²) in [6.07, 6.45) is 3.31. The molecule has 1 fully saturated rings. The van der Waals surface area contributed by atoms with E-state index in [1.54, 1.807) is 22.3 Å². The molecule has 1 N–H and O–H groups in total. The fraction of sp³-hybridized carbons (Fsp3) is 0.412. The topological polar surface area (TPSA) is 83.4 Å². The smallest absolute Gasteiger partial charge is 0.354 e. The van der Waals surface area contributed by atoms with Gasteiger partial charge in [0.1, 0.15) is 5.69 Å². The lowest BCUT2D eigenvalue weighted by atomic mass is 9.98. The monoisotopic (exact) mass is 345 g/mol. The van der Waals surface area contributed by atoms with Crippen molar-refractivity contribution in [2.75, 3.05) is 13.1 Å². The summed E-state index contributed by atoms with van der Waals surface area (Å²) in [6, 6.07) is 2.90. The number of amides is 1. The van der Waals surface area contributed by atoms with Gasteiger partial charge in [-0.2, -0.15) is 0 Å². The third kappa shape index (κ3) is 3.31. The van der Waals surface area contributed by atoms with Crippen molar-refractivity contribution in [1.82, 2.24) is 14.9 Å². The van der Waals surface area contributed by atoms with Crippen LogP contribution in [0.3, 0.4) is 0 Å². The third-order valence-electron chi connectivity index (χ3n) is 4.33. The lowest BCUT2D eigenvalue weighted by Gasteiger charge is -2.32. The van der Waals surface area contributed by atoms with Crippen molar-refractivity contribution in [3.63, 3.8) is 0 Å². The van der Waals surface area contributed by atoms with E-state index < -0.39 is 5.97 Å². The maximum Gasteiger partial charge on any atom is 0.354 e. The Morgan fingerprint density at radius 2 is 2.17 bits per heavy atom. The fourth-order valence-electron chi connectivity index (χ4n) is 2.90. The summed E-state index contributed by atoms with van der Waals surface area (Å²) in [6.45, 7) is 5.37. The number of piperidine rings is 1. The number of aromatic carboxylic acids is 1. The van der Waals surface area contributed by atoms with Gasteiger partial charge in [0.25, 0.3) is 5.91 Å². The average Bonchev–Trinajstić information content (AvgIpc) is 2.93. The molecule has 3 rings (SSSR count). The summed E-state index contributed by atoms with van der Waals surface area (Å²) >= 11 is 1.70. The molecule has 24 heavy (non-hydrogen) atoms. The molecular weight excluding hydrogens is 326 g/mol. The highest BCUT2D eigenvalue weighted by molar-refractivity contribution is 7.11. The largest absolute Gasteiger partial charge is 0.477 e. The Labute approximate surface area is 144 Å². The molecule has 3 heterocycles. The summed E-state index contributed by atoms with van der Waals surface area (Å²) in [4.78, 5) is 35.1. The zero-order valence-corrected chi connectivity index (χ0v) is 14.5. The number of thiazole rings is 1. The number of carboxylic acid groups (broad SMARTS) is 1. The molecule has 1 aliphatic rings. The van der Waals surface area contributed by atoms with Crippen molar-refractivity contribution >= 4 is 23.2 Å². The van der Waals surface area contributed by atoms with Gasteiger partial charge in [0.15, 0.2) is 0 Å². The van der Waals surface area contributed by atoms with Gasteiger partial charge in [-0.25, -0.2) is 14.8 Å². The number of aromatic nitrogens is 2. The number of carbonyl (C=O) groups is 2. The van der Waals surface area contributed by atoms with Gasteiger partial charge in [-0.15, -0.1) is 11.3 Å². The molecule has 0 aliphatic carbocycles. The lowest BCUT2D eigenvalue weighted by molar-refractivity contribution is 0.0690. The van der Waals surface area contributed by atoms with Gasteiger partial charge in [0.05, 0.1) is 10.7 Å². The molecule has 0 spiro atoms. The van der Waals surface area contributed by atoms with Crippen LogP contribution in [0.1, 0.15) is 55.2 Å². The minimum atomic E-state index is -1.13. The van der Waals surface area contributed by atoms with Gasteiger partial charge < -0.3 is 10.0 Å². The quantitative estimate of drug-likeness (QED) is 0.925. The molecular formula is C17H19N3O3S. The molecule has 126 valence electrons. The molecule has 2 aromatic heterocycles. The zero-order valence-electron chi connectivity index (χ0n) is 13.7. The summed E-state index contributed by atoms with van der Waals surface area (Å²) in [5.74, 6) is -1.02. The van der Waals surface area contributed by atoms with Crippen LogP contribution in [-0.2, 0) is 0 Å². The van der Waals surface area contributed by atoms with E-state index in [0.29, 0.717) is 18.7 Å². The molecule has 1 saturated heterocycles. The highest BCUT2D eigenvalue weighted by atomic mass is 32.1. The number of aryl methyl sites for hydroxylation is 2. The molecule has 6 nitrogen and oxygen atoms in total. The molecule has 1 amide bonds. The van der Waals surface area contributed by atoms with E-state index in [1.165, 1.54) is 17.1 Å².